The molecule has 0 unspecified atom stereocenters. The molecule has 0 radical (unpaired) electrons. The second kappa shape index (κ2) is 8.25. The normalized spacial score (nSPS) is 11.7. The maximum absolute atomic E-state index is 5.17. The van der Waals surface area contributed by atoms with Gasteiger partial charge < -0.3 is 0 Å². The molecule has 0 aliphatic heterocycles. The fourth-order valence-corrected chi connectivity index (χ4v) is 5.52. The van der Waals surface area contributed by atoms with Crippen LogP contribution in [0.15, 0.2) is 52.0 Å². The third kappa shape index (κ3) is 4.67. The maximum atomic E-state index is 5.17. The molecule has 2 aromatic rings. The third-order valence-corrected chi connectivity index (χ3v) is 7.88. The molecular weight excluding hydrogens is 462 g/mol. The summed E-state index contributed by atoms with van der Waals surface area (Å²) in [5.74, 6) is 1.03. The van der Waals surface area contributed by atoms with E-state index < -0.39 is 17.9 Å². The topological polar surface area (TPSA) is 12.4 Å². The molecule has 0 saturated carbocycles. The first kappa shape index (κ1) is 19.1. The molecule has 0 amide bonds. The van der Waals surface area contributed by atoms with Gasteiger partial charge in [-0.25, -0.2) is 0 Å². The van der Waals surface area contributed by atoms with E-state index in [0.717, 1.165) is 0 Å². The van der Waals surface area contributed by atoms with Crippen molar-refractivity contribution in [3.8, 4) is 0 Å². The monoisotopic (exact) mass is 491 g/mol. The Bertz CT molecular complexity index is 710. The van der Waals surface area contributed by atoms with E-state index in [2.05, 4.69) is 94.5 Å². The SMILES string of the molecule is CC(C)c1cccc(C(C)C)c1[N]=[W]=[CH]C(C)(C)c1ccccc1. The first-order valence-corrected chi connectivity index (χ1v) is 11.7. The molecule has 2 aromatic carbocycles. The van der Waals surface area contributed by atoms with Gasteiger partial charge in [0.15, 0.2) is 0 Å². The zero-order chi connectivity index (χ0) is 17.7. The minimum absolute atomic E-state index is 0.0974. The van der Waals surface area contributed by atoms with E-state index in [1.165, 1.54) is 22.4 Å². The molecule has 0 aliphatic rings. The fraction of sp³-hybridized carbons (Fsp3) is 0.409. The van der Waals surface area contributed by atoms with Gasteiger partial charge in [0.25, 0.3) is 0 Å². The predicted molar refractivity (Wildman–Crippen MR) is 102 cm³/mol. The van der Waals surface area contributed by atoms with Crippen LogP contribution in [0.5, 0.6) is 0 Å². The van der Waals surface area contributed by atoms with Gasteiger partial charge in [0.2, 0.25) is 0 Å². The number of rotatable bonds is 5. The molecule has 0 N–H and O–H groups in total. The van der Waals surface area contributed by atoms with Crippen molar-refractivity contribution >= 4 is 10.1 Å². The summed E-state index contributed by atoms with van der Waals surface area (Å²) in [6, 6.07) is 17.4. The number of hydrogen-bond donors (Lipinski definition) is 0. The average molecular weight is 491 g/mol. The summed E-state index contributed by atoms with van der Waals surface area (Å²) in [5, 5.41) is 0. The van der Waals surface area contributed by atoms with E-state index >= 15 is 0 Å². The summed E-state index contributed by atoms with van der Waals surface area (Å²) < 4.78 is 7.66. The Labute approximate surface area is 155 Å². The molecular formula is C22H29NW. The first-order chi connectivity index (χ1) is 11.3. The van der Waals surface area contributed by atoms with Crippen molar-refractivity contribution in [2.45, 2.75) is 58.8 Å². The van der Waals surface area contributed by atoms with Gasteiger partial charge in [-0.05, 0) is 0 Å². The Morgan fingerprint density at radius 2 is 1.38 bits per heavy atom. The van der Waals surface area contributed by atoms with E-state index in [0.29, 0.717) is 11.8 Å². The molecule has 2 rings (SSSR count). The molecule has 1 nitrogen and oxygen atoms in total. The molecule has 0 aliphatic carbocycles. The summed E-state index contributed by atoms with van der Waals surface area (Å²) in [5.41, 5.74) is 5.54. The van der Waals surface area contributed by atoms with Crippen molar-refractivity contribution in [1.29, 1.82) is 0 Å². The summed E-state index contributed by atoms with van der Waals surface area (Å²) in [4.78, 5) is 0. The molecule has 0 spiro atoms. The zero-order valence-electron chi connectivity index (χ0n) is 15.7. The van der Waals surface area contributed by atoms with Crippen LogP contribution in [0.25, 0.3) is 0 Å². The molecule has 0 aromatic heterocycles. The van der Waals surface area contributed by atoms with Crippen LogP contribution in [-0.2, 0) is 23.3 Å². The van der Waals surface area contributed by atoms with Gasteiger partial charge in [-0.15, -0.1) is 0 Å². The van der Waals surface area contributed by atoms with Crippen molar-refractivity contribution in [2.75, 3.05) is 0 Å². The van der Waals surface area contributed by atoms with Gasteiger partial charge in [0, 0.05) is 0 Å². The van der Waals surface area contributed by atoms with E-state index in [1.807, 2.05) is 0 Å². The van der Waals surface area contributed by atoms with E-state index in [4.69, 9.17) is 3.50 Å². The molecule has 0 bridgehead atoms. The van der Waals surface area contributed by atoms with Crippen molar-refractivity contribution in [1.82, 2.24) is 0 Å². The Hall–Kier alpha value is -1.20. The van der Waals surface area contributed by atoms with Crippen molar-refractivity contribution in [2.24, 2.45) is 3.50 Å². The first-order valence-electron chi connectivity index (χ1n) is 8.72. The van der Waals surface area contributed by atoms with Crippen molar-refractivity contribution in [3.05, 3.63) is 65.2 Å². The average Bonchev–Trinajstić information content (AvgIpc) is 2.55. The Kier molecular flexibility index (Phi) is 6.58. The molecule has 128 valence electrons. The zero-order valence-corrected chi connectivity index (χ0v) is 18.6. The third-order valence-electron chi connectivity index (χ3n) is 4.35. The van der Waals surface area contributed by atoms with Gasteiger partial charge in [0.1, 0.15) is 0 Å². The van der Waals surface area contributed by atoms with Crippen LogP contribution < -0.4 is 0 Å². The standard InChI is InChI=1S/C12H17N.C10H12.W/c1-8(2)10-6-5-7-11(9(3)4)12(10)13;1-10(2,3)9-7-5-4-6-8-9;/h5-9H,1-4H3;1,4-8H,2-3H3;. The van der Waals surface area contributed by atoms with Crippen LogP contribution in [0.3, 0.4) is 0 Å². The van der Waals surface area contributed by atoms with Gasteiger partial charge >= 0.3 is 156 Å². The Morgan fingerprint density at radius 3 is 1.88 bits per heavy atom. The summed E-state index contributed by atoms with van der Waals surface area (Å²) in [6.07, 6.45) is 0. The van der Waals surface area contributed by atoms with Gasteiger partial charge in [-0.1, -0.05) is 0 Å². The number of hydrogen-bond acceptors (Lipinski definition) is 1. The number of benzene rings is 2. The van der Waals surface area contributed by atoms with Crippen LogP contribution in [0.4, 0.5) is 5.69 Å². The molecule has 0 saturated heterocycles. The van der Waals surface area contributed by atoms with Crippen molar-refractivity contribution in [3.63, 3.8) is 0 Å². The predicted octanol–water partition coefficient (Wildman–Crippen LogP) is 6.61. The summed E-state index contributed by atoms with van der Waals surface area (Å²) >= 11 is -0.918. The van der Waals surface area contributed by atoms with E-state index in [1.54, 1.807) is 0 Å². The molecule has 24 heavy (non-hydrogen) atoms. The fourth-order valence-electron chi connectivity index (χ4n) is 2.76. The second-order valence-corrected chi connectivity index (χ2v) is 9.76. The molecule has 0 heterocycles. The van der Waals surface area contributed by atoms with Crippen molar-refractivity contribution < 1.29 is 17.9 Å². The second-order valence-electron chi connectivity index (χ2n) is 7.50. The van der Waals surface area contributed by atoms with Gasteiger partial charge in [-0.2, -0.15) is 0 Å². The van der Waals surface area contributed by atoms with Gasteiger partial charge in [0.05, 0.1) is 0 Å². The van der Waals surface area contributed by atoms with Crippen LogP contribution >= 0.6 is 0 Å². The Balaban J connectivity index is 2.44. The minimum atomic E-state index is -0.918. The molecule has 2 heteroatoms. The molecule has 0 fully saturated rings. The summed E-state index contributed by atoms with van der Waals surface area (Å²) in [7, 11) is 0. The van der Waals surface area contributed by atoms with Crippen LogP contribution in [0, 0.1) is 0 Å². The quantitative estimate of drug-likeness (QED) is 0.447. The van der Waals surface area contributed by atoms with Crippen LogP contribution in [0.2, 0.25) is 0 Å². The summed E-state index contributed by atoms with van der Waals surface area (Å²) in [6.45, 7) is 13.7. The Morgan fingerprint density at radius 1 is 0.833 bits per heavy atom. The van der Waals surface area contributed by atoms with E-state index in [-0.39, 0.29) is 5.41 Å². The molecule has 0 atom stereocenters. The van der Waals surface area contributed by atoms with Crippen LogP contribution in [-0.4, -0.2) is 4.40 Å². The van der Waals surface area contributed by atoms with Crippen LogP contribution in [0.1, 0.15) is 70.1 Å². The van der Waals surface area contributed by atoms with E-state index in [9.17, 15) is 0 Å². The van der Waals surface area contributed by atoms with Gasteiger partial charge in [-0.3, -0.25) is 0 Å². The number of nitrogens with zero attached hydrogens (tertiary/aromatic N) is 1.